The summed E-state index contributed by atoms with van der Waals surface area (Å²) >= 11 is 0. The average Bonchev–Trinajstić information content (AvgIpc) is 2.30. The van der Waals surface area contributed by atoms with Gasteiger partial charge in [-0.3, -0.25) is 0 Å². The van der Waals surface area contributed by atoms with Crippen molar-refractivity contribution in [3.05, 3.63) is 48.5 Å². The molecule has 0 saturated carbocycles. The fourth-order valence-corrected chi connectivity index (χ4v) is 3.64. The van der Waals surface area contributed by atoms with Gasteiger partial charge in [0.05, 0.1) is 22.3 Å². The zero-order valence-corrected chi connectivity index (χ0v) is 9.34. The summed E-state index contributed by atoms with van der Waals surface area (Å²) in [6, 6.07) is 17.1. The van der Waals surface area contributed by atoms with Crippen molar-refractivity contribution in [2.24, 2.45) is 0 Å². The molecular formula is C13H12NS+. The molecular weight excluding hydrogens is 202 g/mol. The predicted molar refractivity (Wildman–Crippen MR) is 66.0 cm³/mol. The van der Waals surface area contributed by atoms with Crippen molar-refractivity contribution in [3.63, 3.8) is 0 Å². The van der Waals surface area contributed by atoms with Crippen molar-refractivity contribution in [2.45, 2.75) is 9.79 Å². The molecule has 2 heteroatoms. The molecule has 0 unspecified atom stereocenters. The maximum Gasteiger partial charge on any atom is 0.183 e. The fourth-order valence-electron chi connectivity index (χ4n) is 1.94. The molecule has 0 amide bonds. The van der Waals surface area contributed by atoms with Gasteiger partial charge in [0, 0.05) is 0 Å². The standard InChI is InChI=1S/C13H12NS/c1-15-12-8-4-2-6-10(12)14-11-7-3-5-9-13(11)15/h2-9,14H,1H3/q+1. The van der Waals surface area contributed by atoms with Crippen molar-refractivity contribution < 1.29 is 0 Å². The molecule has 0 radical (unpaired) electrons. The van der Waals surface area contributed by atoms with Crippen LogP contribution in [0.4, 0.5) is 11.4 Å². The molecule has 15 heavy (non-hydrogen) atoms. The summed E-state index contributed by atoms with van der Waals surface area (Å²) < 4.78 is 0. The summed E-state index contributed by atoms with van der Waals surface area (Å²) in [6.45, 7) is 0. The lowest BCUT2D eigenvalue weighted by Gasteiger charge is -2.18. The largest absolute Gasteiger partial charge is 0.347 e. The van der Waals surface area contributed by atoms with E-state index in [1.807, 2.05) is 0 Å². The first-order valence-electron chi connectivity index (χ1n) is 4.97. The Balaban J connectivity index is 2.20. The molecule has 2 aromatic rings. The minimum absolute atomic E-state index is 0.197. The third-order valence-electron chi connectivity index (χ3n) is 2.70. The van der Waals surface area contributed by atoms with Crippen LogP contribution < -0.4 is 5.32 Å². The number of para-hydroxylation sites is 2. The fraction of sp³-hybridized carbons (Fsp3) is 0.0769. The van der Waals surface area contributed by atoms with Crippen LogP contribution >= 0.6 is 0 Å². The van der Waals surface area contributed by atoms with E-state index in [9.17, 15) is 0 Å². The lowest BCUT2D eigenvalue weighted by molar-refractivity contribution is 1.29. The number of fused-ring (bicyclic) bond motifs is 2. The Hall–Kier alpha value is -1.41. The summed E-state index contributed by atoms with van der Waals surface area (Å²) in [7, 11) is 0.197. The van der Waals surface area contributed by atoms with Crippen LogP contribution in [0.1, 0.15) is 0 Å². The minimum atomic E-state index is 0.197. The molecule has 0 atom stereocenters. The second kappa shape index (κ2) is 3.31. The summed E-state index contributed by atoms with van der Waals surface area (Å²) in [5.41, 5.74) is 2.50. The van der Waals surface area contributed by atoms with E-state index in [-0.39, 0.29) is 10.9 Å². The van der Waals surface area contributed by atoms with Gasteiger partial charge in [0.2, 0.25) is 0 Å². The van der Waals surface area contributed by atoms with Crippen molar-refractivity contribution in [1.29, 1.82) is 0 Å². The van der Waals surface area contributed by atoms with Gasteiger partial charge in [-0.2, -0.15) is 0 Å². The maximum atomic E-state index is 3.48. The van der Waals surface area contributed by atoms with E-state index < -0.39 is 0 Å². The Morgan fingerprint density at radius 2 is 1.27 bits per heavy atom. The summed E-state index contributed by atoms with van der Waals surface area (Å²) in [6.07, 6.45) is 2.29. The molecule has 1 N–H and O–H groups in total. The van der Waals surface area contributed by atoms with Gasteiger partial charge in [-0.25, -0.2) is 0 Å². The monoisotopic (exact) mass is 214 g/mol. The van der Waals surface area contributed by atoms with E-state index in [1.54, 1.807) is 0 Å². The Kier molecular flexibility index (Phi) is 1.96. The molecule has 0 saturated heterocycles. The van der Waals surface area contributed by atoms with E-state index in [0.29, 0.717) is 0 Å². The smallest absolute Gasteiger partial charge is 0.183 e. The van der Waals surface area contributed by atoms with Crippen LogP contribution in [0.5, 0.6) is 0 Å². The molecule has 1 aliphatic heterocycles. The highest BCUT2D eigenvalue weighted by Gasteiger charge is 2.30. The average molecular weight is 214 g/mol. The molecule has 3 rings (SSSR count). The second-order valence-corrected chi connectivity index (χ2v) is 5.53. The Bertz CT molecular complexity index is 462. The van der Waals surface area contributed by atoms with Crippen LogP contribution in [0.25, 0.3) is 0 Å². The van der Waals surface area contributed by atoms with Gasteiger partial charge in [0.25, 0.3) is 0 Å². The van der Waals surface area contributed by atoms with Crippen LogP contribution in [0.2, 0.25) is 0 Å². The minimum Gasteiger partial charge on any atom is -0.347 e. The first-order chi connectivity index (χ1) is 7.36. The second-order valence-electron chi connectivity index (χ2n) is 3.63. The van der Waals surface area contributed by atoms with Crippen molar-refractivity contribution in [3.8, 4) is 0 Å². The van der Waals surface area contributed by atoms with E-state index in [4.69, 9.17) is 0 Å². The van der Waals surface area contributed by atoms with Crippen LogP contribution in [0.3, 0.4) is 0 Å². The third kappa shape index (κ3) is 1.33. The van der Waals surface area contributed by atoms with Gasteiger partial charge < -0.3 is 5.32 Å². The summed E-state index contributed by atoms with van der Waals surface area (Å²) in [5.74, 6) is 0. The number of anilines is 2. The molecule has 0 aromatic heterocycles. The summed E-state index contributed by atoms with van der Waals surface area (Å²) in [5, 5.41) is 3.48. The van der Waals surface area contributed by atoms with Crippen LogP contribution in [-0.4, -0.2) is 6.26 Å². The molecule has 0 bridgehead atoms. The van der Waals surface area contributed by atoms with Gasteiger partial charge >= 0.3 is 0 Å². The van der Waals surface area contributed by atoms with Gasteiger partial charge in [-0.05, 0) is 24.3 Å². The van der Waals surface area contributed by atoms with E-state index in [2.05, 4.69) is 60.1 Å². The maximum absolute atomic E-state index is 3.48. The number of hydrogen-bond acceptors (Lipinski definition) is 1. The van der Waals surface area contributed by atoms with Crippen molar-refractivity contribution >= 4 is 22.3 Å². The molecule has 0 spiro atoms. The van der Waals surface area contributed by atoms with Gasteiger partial charge in [-0.1, -0.05) is 24.3 Å². The van der Waals surface area contributed by atoms with E-state index in [0.717, 1.165) is 0 Å². The topological polar surface area (TPSA) is 12.0 Å². The van der Waals surface area contributed by atoms with Gasteiger partial charge in [0.1, 0.15) is 6.26 Å². The Labute approximate surface area is 92.5 Å². The highest BCUT2D eigenvalue weighted by atomic mass is 32.2. The van der Waals surface area contributed by atoms with E-state index >= 15 is 0 Å². The lowest BCUT2D eigenvalue weighted by atomic mass is 10.2. The van der Waals surface area contributed by atoms with Crippen LogP contribution in [0, 0.1) is 0 Å². The quantitative estimate of drug-likeness (QED) is 0.663. The van der Waals surface area contributed by atoms with Crippen LogP contribution in [-0.2, 0) is 10.9 Å². The molecule has 0 fully saturated rings. The molecule has 2 aromatic carbocycles. The Morgan fingerprint density at radius 3 is 1.80 bits per heavy atom. The summed E-state index contributed by atoms with van der Waals surface area (Å²) in [4.78, 5) is 2.83. The Morgan fingerprint density at radius 1 is 0.800 bits per heavy atom. The molecule has 1 aliphatic rings. The predicted octanol–water partition coefficient (Wildman–Crippen LogP) is 3.41. The normalized spacial score (nSPS) is 13.9. The SMILES string of the molecule is C[S+]1c2ccccc2Nc2ccccc21. The number of rotatable bonds is 0. The number of benzene rings is 2. The molecule has 1 heterocycles. The van der Waals surface area contributed by atoms with Crippen LogP contribution in [0.15, 0.2) is 58.3 Å². The zero-order valence-electron chi connectivity index (χ0n) is 8.53. The highest BCUT2D eigenvalue weighted by molar-refractivity contribution is 7.96. The van der Waals surface area contributed by atoms with Crippen molar-refractivity contribution in [1.82, 2.24) is 0 Å². The highest BCUT2D eigenvalue weighted by Crippen LogP contribution is 2.38. The first kappa shape index (κ1) is 8.86. The van der Waals surface area contributed by atoms with Crippen molar-refractivity contribution in [2.75, 3.05) is 11.6 Å². The van der Waals surface area contributed by atoms with Gasteiger partial charge in [-0.15, -0.1) is 0 Å². The number of nitrogens with one attached hydrogen (secondary N) is 1. The zero-order chi connectivity index (χ0) is 10.3. The van der Waals surface area contributed by atoms with Gasteiger partial charge in [0.15, 0.2) is 9.79 Å². The molecule has 0 aliphatic carbocycles. The molecule has 1 nitrogen and oxygen atoms in total. The third-order valence-corrected chi connectivity index (χ3v) is 4.73. The lowest BCUT2D eigenvalue weighted by Crippen LogP contribution is -2.12. The molecule has 74 valence electrons. The number of hydrogen-bond donors (Lipinski definition) is 1. The first-order valence-corrected chi connectivity index (χ1v) is 6.60. The van der Waals surface area contributed by atoms with E-state index in [1.165, 1.54) is 21.2 Å².